The molecule has 1 saturated heterocycles. The second-order valence-electron chi connectivity index (χ2n) is 3.92. The van der Waals surface area contributed by atoms with Crippen molar-refractivity contribution in [1.82, 2.24) is 0 Å². The third kappa shape index (κ3) is 1.99. The van der Waals surface area contributed by atoms with Crippen molar-refractivity contribution >= 4 is 6.29 Å². The average Bonchev–Trinajstić information content (AvgIpc) is 2.38. The number of hydrogen-bond donors (Lipinski definition) is 0. The molecule has 0 bridgehead atoms. The Balaban J connectivity index is 2.74. The second-order valence-corrected chi connectivity index (χ2v) is 3.92. The van der Waals surface area contributed by atoms with Gasteiger partial charge in [0.2, 0.25) is 0 Å². The molecular weight excluding hydrogens is 164 g/mol. The van der Waals surface area contributed by atoms with Crippen LogP contribution in [-0.4, -0.2) is 18.5 Å². The van der Waals surface area contributed by atoms with Crippen LogP contribution in [0.3, 0.4) is 0 Å². The molecule has 0 saturated carbocycles. The number of carbonyl (C=O) groups is 1. The third-order valence-corrected chi connectivity index (χ3v) is 2.88. The molecule has 74 valence electrons. The number of carbonyl (C=O) groups excluding carboxylic acids is 1. The van der Waals surface area contributed by atoms with Gasteiger partial charge < -0.3 is 9.53 Å². The van der Waals surface area contributed by atoms with Gasteiger partial charge in [-0.3, -0.25) is 0 Å². The van der Waals surface area contributed by atoms with Gasteiger partial charge >= 0.3 is 0 Å². The van der Waals surface area contributed by atoms with Gasteiger partial charge in [-0.1, -0.05) is 12.2 Å². The summed E-state index contributed by atoms with van der Waals surface area (Å²) < 4.78 is 5.60. The molecule has 1 rings (SSSR count). The Bertz CT molecular complexity index is 210. The van der Waals surface area contributed by atoms with E-state index in [1.807, 2.05) is 32.9 Å². The Morgan fingerprint density at radius 2 is 2.23 bits per heavy atom. The molecule has 13 heavy (non-hydrogen) atoms. The van der Waals surface area contributed by atoms with E-state index in [1.54, 1.807) is 0 Å². The number of aldehydes is 1. The molecule has 0 radical (unpaired) electrons. The lowest BCUT2D eigenvalue weighted by Gasteiger charge is -2.23. The first-order valence-electron chi connectivity index (χ1n) is 4.87. The summed E-state index contributed by atoms with van der Waals surface area (Å²) in [4.78, 5) is 11.1. The summed E-state index contributed by atoms with van der Waals surface area (Å²) in [5.41, 5.74) is -0.272. The Morgan fingerprint density at radius 1 is 1.54 bits per heavy atom. The fourth-order valence-corrected chi connectivity index (χ4v) is 2.01. The quantitative estimate of drug-likeness (QED) is 0.494. The van der Waals surface area contributed by atoms with Crippen molar-refractivity contribution in [3.05, 3.63) is 12.2 Å². The predicted molar refractivity (Wildman–Crippen MR) is 52.6 cm³/mol. The molecule has 1 aliphatic rings. The van der Waals surface area contributed by atoms with Crippen molar-refractivity contribution in [2.75, 3.05) is 0 Å². The molecule has 1 heterocycles. The summed E-state index contributed by atoms with van der Waals surface area (Å²) in [6.07, 6.45) is 7.02. The van der Waals surface area contributed by atoms with E-state index < -0.39 is 0 Å². The number of hydrogen-bond acceptors (Lipinski definition) is 2. The molecule has 0 aliphatic carbocycles. The van der Waals surface area contributed by atoms with E-state index in [9.17, 15) is 4.79 Å². The van der Waals surface area contributed by atoms with Crippen molar-refractivity contribution in [2.24, 2.45) is 5.41 Å². The van der Waals surface area contributed by atoms with Crippen LogP contribution in [-0.2, 0) is 9.53 Å². The highest BCUT2D eigenvalue weighted by atomic mass is 16.5. The maximum Gasteiger partial charge on any atom is 0.129 e. The van der Waals surface area contributed by atoms with Crippen LogP contribution >= 0.6 is 0 Å². The first-order valence-corrected chi connectivity index (χ1v) is 4.87. The third-order valence-electron chi connectivity index (χ3n) is 2.88. The van der Waals surface area contributed by atoms with Crippen LogP contribution in [0.15, 0.2) is 12.2 Å². The van der Waals surface area contributed by atoms with E-state index >= 15 is 0 Å². The minimum atomic E-state index is -0.272. The van der Waals surface area contributed by atoms with Crippen LogP contribution in [0.25, 0.3) is 0 Å². The maximum absolute atomic E-state index is 11.1. The fourth-order valence-electron chi connectivity index (χ4n) is 2.01. The van der Waals surface area contributed by atoms with Crippen molar-refractivity contribution < 1.29 is 9.53 Å². The standard InChI is InChI=1S/C11H18O2/c1-4-5-6-11(8-12)7-9(2)13-10(11)3/h4-5,8-10H,6-7H2,1-3H3/b5-4+. The van der Waals surface area contributed by atoms with E-state index in [0.717, 1.165) is 19.1 Å². The van der Waals surface area contributed by atoms with Gasteiger partial charge in [-0.05, 0) is 33.6 Å². The zero-order valence-corrected chi connectivity index (χ0v) is 8.62. The zero-order valence-electron chi connectivity index (χ0n) is 8.62. The topological polar surface area (TPSA) is 26.3 Å². The fraction of sp³-hybridized carbons (Fsp3) is 0.727. The highest BCUT2D eigenvalue weighted by Crippen LogP contribution is 2.39. The number of allylic oxidation sites excluding steroid dienone is 2. The van der Waals surface area contributed by atoms with Gasteiger partial charge in [-0.25, -0.2) is 0 Å². The molecule has 0 N–H and O–H groups in total. The summed E-state index contributed by atoms with van der Waals surface area (Å²) in [5.74, 6) is 0. The van der Waals surface area contributed by atoms with Gasteiger partial charge in [0.25, 0.3) is 0 Å². The van der Waals surface area contributed by atoms with Crippen molar-refractivity contribution in [3.63, 3.8) is 0 Å². The maximum atomic E-state index is 11.1. The van der Waals surface area contributed by atoms with Gasteiger partial charge in [0.1, 0.15) is 6.29 Å². The van der Waals surface area contributed by atoms with Gasteiger partial charge in [-0.15, -0.1) is 0 Å². The molecule has 0 aromatic heterocycles. The van der Waals surface area contributed by atoms with Crippen LogP contribution in [0.2, 0.25) is 0 Å². The van der Waals surface area contributed by atoms with Crippen molar-refractivity contribution in [3.8, 4) is 0 Å². The van der Waals surface area contributed by atoms with E-state index in [0.29, 0.717) is 0 Å². The molecule has 3 unspecified atom stereocenters. The van der Waals surface area contributed by atoms with E-state index in [1.165, 1.54) is 0 Å². The molecule has 3 atom stereocenters. The lowest BCUT2D eigenvalue weighted by Crippen LogP contribution is -2.29. The zero-order chi connectivity index (χ0) is 9.90. The average molecular weight is 182 g/mol. The Labute approximate surface area is 80.0 Å². The molecule has 2 heteroatoms. The molecule has 2 nitrogen and oxygen atoms in total. The normalized spacial score (nSPS) is 39.9. The van der Waals surface area contributed by atoms with Crippen LogP contribution in [0, 0.1) is 5.41 Å². The van der Waals surface area contributed by atoms with Crippen molar-refractivity contribution in [1.29, 1.82) is 0 Å². The first kappa shape index (κ1) is 10.5. The summed E-state index contributed by atoms with van der Waals surface area (Å²) >= 11 is 0. The van der Waals surface area contributed by atoms with Gasteiger partial charge in [0.15, 0.2) is 0 Å². The molecule has 0 aromatic rings. The molecular formula is C11H18O2. The smallest absolute Gasteiger partial charge is 0.129 e. The van der Waals surface area contributed by atoms with Crippen LogP contribution in [0.1, 0.15) is 33.6 Å². The van der Waals surface area contributed by atoms with Crippen LogP contribution < -0.4 is 0 Å². The number of rotatable bonds is 3. The van der Waals surface area contributed by atoms with E-state index in [2.05, 4.69) is 0 Å². The van der Waals surface area contributed by atoms with E-state index in [4.69, 9.17) is 4.74 Å². The number of ether oxygens (including phenoxy) is 1. The lowest BCUT2D eigenvalue weighted by molar-refractivity contribution is -0.118. The first-order chi connectivity index (χ1) is 6.14. The van der Waals surface area contributed by atoms with Crippen LogP contribution in [0.4, 0.5) is 0 Å². The monoisotopic (exact) mass is 182 g/mol. The largest absolute Gasteiger partial charge is 0.374 e. The molecule has 1 fully saturated rings. The van der Waals surface area contributed by atoms with Crippen molar-refractivity contribution in [2.45, 2.75) is 45.8 Å². The molecule has 0 spiro atoms. The summed E-state index contributed by atoms with van der Waals surface area (Å²) in [5, 5.41) is 0. The van der Waals surface area contributed by atoms with Gasteiger partial charge in [-0.2, -0.15) is 0 Å². The van der Waals surface area contributed by atoms with Gasteiger partial charge in [0.05, 0.1) is 17.6 Å². The minimum absolute atomic E-state index is 0.0520. The highest BCUT2D eigenvalue weighted by Gasteiger charge is 2.43. The molecule has 1 aliphatic heterocycles. The SMILES string of the molecule is C/C=C/CC1(C=O)CC(C)OC1C. The lowest BCUT2D eigenvalue weighted by atomic mass is 9.79. The molecule has 0 aromatic carbocycles. The van der Waals surface area contributed by atoms with Gasteiger partial charge in [0, 0.05) is 0 Å². The summed E-state index contributed by atoms with van der Waals surface area (Å²) in [6, 6.07) is 0. The Morgan fingerprint density at radius 3 is 2.62 bits per heavy atom. The van der Waals surface area contributed by atoms with E-state index in [-0.39, 0.29) is 17.6 Å². The minimum Gasteiger partial charge on any atom is -0.374 e. The molecule has 0 amide bonds. The Hall–Kier alpha value is -0.630. The second kappa shape index (κ2) is 4.05. The Kier molecular flexibility index (Phi) is 3.26. The highest BCUT2D eigenvalue weighted by molar-refractivity contribution is 5.61. The predicted octanol–water partition coefficient (Wildman–Crippen LogP) is 2.34. The van der Waals surface area contributed by atoms with Crippen LogP contribution in [0.5, 0.6) is 0 Å². The summed E-state index contributed by atoms with van der Waals surface area (Å²) in [6.45, 7) is 5.99. The summed E-state index contributed by atoms with van der Waals surface area (Å²) in [7, 11) is 0.